The Kier molecular flexibility index (Phi) is 2.59. The number of hydrogen-bond donors (Lipinski definition) is 2. The smallest absolute Gasteiger partial charge is 0.123 e. The average Bonchev–Trinajstić information content (AvgIpc) is 2.27. The zero-order valence-corrected chi connectivity index (χ0v) is 8.42. The van der Waals surface area contributed by atoms with Crippen molar-refractivity contribution in [3.05, 3.63) is 23.8 Å². The zero-order chi connectivity index (χ0) is 9.97. The third-order valence-corrected chi connectivity index (χ3v) is 2.64. The van der Waals surface area contributed by atoms with E-state index in [1.165, 1.54) is 5.56 Å². The van der Waals surface area contributed by atoms with Gasteiger partial charge in [0.1, 0.15) is 11.9 Å². The summed E-state index contributed by atoms with van der Waals surface area (Å²) in [5.74, 6) is 0.991. The summed E-state index contributed by atoms with van der Waals surface area (Å²) in [6.45, 7) is 0.604. The van der Waals surface area contributed by atoms with E-state index in [-0.39, 0.29) is 6.10 Å². The molecule has 0 aromatic heterocycles. The van der Waals surface area contributed by atoms with Crippen LogP contribution < -0.4 is 15.8 Å². The molecule has 0 saturated carbocycles. The fourth-order valence-electron chi connectivity index (χ4n) is 1.77. The molecule has 1 heterocycles. The summed E-state index contributed by atoms with van der Waals surface area (Å²) in [5, 5.41) is 3.12. The van der Waals surface area contributed by atoms with Crippen molar-refractivity contribution >= 4 is 5.69 Å². The molecule has 1 unspecified atom stereocenters. The molecule has 0 spiro atoms. The van der Waals surface area contributed by atoms with E-state index in [1.807, 2.05) is 19.2 Å². The van der Waals surface area contributed by atoms with Gasteiger partial charge in [-0.05, 0) is 36.6 Å². The molecular weight excluding hydrogens is 176 g/mol. The van der Waals surface area contributed by atoms with Gasteiger partial charge < -0.3 is 15.8 Å². The molecule has 2 rings (SSSR count). The van der Waals surface area contributed by atoms with Crippen molar-refractivity contribution in [1.29, 1.82) is 0 Å². The summed E-state index contributed by atoms with van der Waals surface area (Å²) < 4.78 is 5.73. The van der Waals surface area contributed by atoms with Gasteiger partial charge >= 0.3 is 0 Å². The van der Waals surface area contributed by atoms with Gasteiger partial charge in [-0.3, -0.25) is 0 Å². The average molecular weight is 192 g/mol. The molecule has 0 aliphatic carbocycles. The van der Waals surface area contributed by atoms with Crippen LogP contribution in [0.1, 0.15) is 12.0 Å². The van der Waals surface area contributed by atoms with Gasteiger partial charge in [0.2, 0.25) is 0 Å². The lowest BCUT2D eigenvalue weighted by Crippen LogP contribution is -2.30. The van der Waals surface area contributed by atoms with Crippen LogP contribution >= 0.6 is 0 Å². The predicted octanol–water partition coefficient (Wildman–Crippen LogP) is 1.38. The summed E-state index contributed by atoms with van der Waals surface area (Å²) in [7, 11) is 1.92. The molecule has 3 nitrogen and oxygen atoms in total. The van der Waals surface area contributed by atoms with E-state index in [9.17, 15) is 0 Å². The van der Waals surface area contributed by atoms with Crippen molar-refractivity contribution in [2.24, 2.45) is 5.73 Å². The second-order valence-corrected chi connectivity index (χ2v) is 3.59. The van der Waals surface area contributed by atoms with Crippen LogP contribution in [0.2, 0.25) is 0 Å². The minimum Gasteiger partial charge on any atom is -0.489 e. The molecule has 1 aromatic carbocycles. The highest BCUT2D eigenvalue weighted by atomic mass is 16.5. The second kappa shape index (κ2) is 3.88. The quantitative estimate of drug-likeness (QED) is 0.744. The molecule has 0 amide bonds. The summed E-state index contributed by atoms with van der Waals surface area (Å²) in [6, 6.07) is 6.18. The number of hydrogen-bond acceptors (Lipinski definition) is 3. The molecule has 14 heavy (non-hydrogen) atoms. The number of anilines is 1. The monoisotopic (exact) mass is 192 g/mol. The minimum absolute atomic E-state index is 0.197. The molecular formula is C11H16N2O. The largest absolute Gasteiger partial charge is 0.489 e. The number of nitrogens with one attached hydrogen (secondary N) is 1. The Hall–Kier alpha value is -1.22. The van der Waals surface area contributed by atoms with Crippen molar-refractivity contribution in [3.8, 4) is 5.75 Å². The first kappa shape index (κ1) is 9.34. The van der Waals surface area contributed by atoms with Crippen molar-refractivity contribution in [2.45, 2.75) is 18.9 Å². The first-order valence-corrected chi connectivity index (χ1v) is 5.01. The van der Waals surface area contributed by atoms with Gasteiger partial charge in [-0.2, -0.15) is 0 Å². The van der Waals surface area contributed by atoms with Crippen LogP contribution in [0.3, 0.4) is 0 Å². The van der Waals surface area contributed by atoms with E-state index >= 15 is 0 Å². The Morgan fingerprint density at radius 2 is 2.43 bits per heavy atom. The normalized spacial score (nSPS) is 19.7. The topological polar surface area (TPSA) is 47.3 Å². The Morgan fingerprint density at radius 1 is 1.57 bits per heavy atom. The third-order valence-electron chi connectivity index (χ3n) is 2.64. The van der Waals surface area contributed by atoms with Crippen molar-refractivity contribution in [2.75, 3.05) is 18.9 Å². The predicted molar refractivity (Wildman–Crippen MR) is 57.8 cm³/mol. The molecule has 0 radical (unpaired) electrons. The van der Waals surface area contributed by atoms with Crippen molar-refractivity contribution in [3.63, 3.8) is 0 Å². The van der Waals surface area contributed by atoms with Gasteiger partial charge in [-0.15, -0.1) is 0 Å². The lowest BCUT2D eigenvalue weighted by atomic mass is 10.0. The maximum atomic E-state index is 5.73. The summed E-state index contributed by atoms with van der Waals surface area (Å²) in [6.07, 6.45) is 2.28. The molecule has 0 fully saturated rings. The fourth-order valence-corrected chi connectivity index (χ4v) is 1.77. The number of benzene rings is 1. The highest BCUT2D eigenvalue weighted by Gasteiger charge is 2.18. The minimum atomic E-state index is 0.197. The molecule has 1 aromatic rings. The van der Waals surface area contributed by atoms with Crippen LogP contribution in [0.5, 0.6) is 5.75 Å². The number of ether oxygens (including phenoxy) is 1. The molecule has 3 N–H and O–H groups in total. The van der Waals surface area contributed by atoms with Gasteiger partial charge in [0.25, 0.3) is 0 Å². The van der Waals surface area contributed by atoms with Gasteiger partial charge in [0.05, 0.1) is 0 Å². The first-order chi connectivity index (χ1) is 6.83. The summed E-state index contributed by atoms with van der Waals surface area (Å²) in [5.41, 5.74) is 8.00. The lowest BCUT2D eigenvalue weighted by Gasteiger charge is -2.25. The lowest BCUT2D eigenvalue weighted by molar-refractivity contribution is 0.181. The van der Waals surface area contributed by atoms with Gasteiger partial charge in [0.15, 0.2) is 0 Å². The molecule has 1 aliphatic rings. The van der Waals surface area contributed by atoms with E-state index in [4.69, 9.17) is 10.5 Å². The van der Waals surface area contributed by atoms with Crippen LogP contribution in [-0.4, -0.2) is 19.7 Å². The van der Waals surface area contributed by atoms with E-state index in [0.29, 0.717) is 6.54 Å². The van der Waals surface area contributed by atoms with Gasteiger partial charge in [-0.25, -0.2) is 0 Å². The fraction of sp³-hybridized carbons (Fsp3) is 0.455. The van der Waals surface area contributed by atoms with Gasteiger partial charge in [0, 0.05) is 19.3 Å². The summed E-state index contributed by atoms with van der Waals surface area (Å²) in [4.78, 5) is 0. The maximum absolute atomic E-state index is 5.73. The number of nitrogens with two attached hydrogens (primary N) is 1. The maximum Gasteiger partial charge on any atom is 0.123 e. The second-order valence-electron chi connectivity index (χ2n) is 3.59. The zero-order valence-electron chi connectivity index (χ0n) is 8.42. The number of fused-ring (bicyclic) bond motifs is 1. The van der Waals surface area contributed by atoms with E-state index in [0.717, 1.165) is 24.3 Å². The van der Waals surface area contributed by atoms with Crippen molar-refractivity contribution in [1.82, 2.24) is 0 Å². The van der Waals surface area contributed by atoms with Gasteiger partial charge in [-0.1, -0.05) is 0 Å². The first-order valence-electron chi connectivity index (χ1n) is 5.01. The Bertz CT molecular complexity index is 325. The van der Waals surface area contributed by atoms with Crippen LogP contribution in [0.25, 0.3) is 0 Å². The van der Waals surface area contributed by atoms with Crippen LogP contribution in [0.4, 0.5) is 5.69 Å². The molecule has 76 valence electrons. The molecule has 3 heteroatoms. The van der Waals surface area contributed by atoms with Crippen molar-refractivity contribution < 1.29 is 4.74 Å². The van der Waals surface area contributed by atoms with Crippen LogP contribution in [0.15, 0.2) is 18.2 Å². The number of rotatable bonds is 2. The molecule has 0 bridgehead atoms. The summed E-state index contributed by atoms with van der Waals surface area (Å²) >= 11 is 0. The van der Waals surface area contributed by atoms with E-state index < -0.39 is 0 Å². The SMILES string of the molecule is CNc1ccc2c(c1)CCC(CN)O2. The Labute approximate surface area is 84.3 Å². The molecule has 0 saturated heterocycles. The Morgan fingerprint density at radius 3 is 3.14 bits per heavy atom. The van der Waals surface area contributed by atoms with E-state index in [2.05, 4.69) is 11.4 Å². The molecule has 1 atom stereocenters. The highest BCUT2D eigenvalue weighted by molar-refractivity contribution is 5.51. The Balaban J connectivity index is 2.23. The van der Waals surface area contributed by atoms with E-state index in [1.54, 1.807) is 0 Å². The van der Waals surface area contributed by atoms with Crippen LogP contribution in [0, 0.1) is 0 Å². The highest BCUT2D eigenvalue weighted by Crippen LogP contribution is 2.29. The molecule has 1 aliphatic heterocycles. The number of aryl methyl sites for hydroxylation is 1. The third kappa shape index (κ3) is 1.68. The van der Waals surface area contributed by atoms with Crippen LogP contribution in [-0.2, 0) is 6.42 Å². The standard InChI is InChI=1S/C11H16N2O/c1-13-9-3-5-11-8(6-9)2-4-10(7-12)14-11/h3,5-6,10,13H,2,4,7,12H2,1H3.